The highest BCUT2D eigenvalue weighted by Crippen LogP contribution is 2.32. The number of rotatable bonds is 1. The van der Waals surface area contributed by atoms with E-state index >= 15 is 0 Å². The van der Waals surface area contributed by atoms with Crippen LogP contribution in [0.1, 0.15) is 5.56 Å². The van der Waals surface area contributed by atoms with Crippen molar-refractivity contribution >= 4 is 21.7 Å². The molecule has 2 rings (SSSR count). The Kier molecular flexibility index (Phi) is 2.82. The standard InChI is InChI=1S/C9H6BrF3N4/c10-6-1-5(9(11,12)13)2-7(3-6)17-15-4-8(14)16-17/h1-4H,(H2,14,16). The minimum atomic E-state index is -4.42. The summed E-state index contributed by atoms with van der Waals surface area (Å²) in [6.07, 6.45) is -3.16. The van der Waals surface area contributed by atoms with E-state index in [1.54, 1.807) is 0 Å². The van der Waals surface area contributed by atoms with Crippen LogP contribution in [0, 0.1) is 0 Å². The van der Waals surface area contributed by atoms with E-state index in [1.807, 2.05) is 0 Å². The van der Waals surface area contributed by atoms with E-state index in [0.29, 0.717) is 0 Å². The smallest absolute Gasteiger partial charge is 0.381 e. The van der Waals surface area contributed by atoms with Gasteiger partial charge >= 0.3 is 6.18 Å². The fraction of sp³-hybridized carbons (Fsp3) is 0.111. The van der Waals surface area contributed by atoms with E-state index in [1.165, 1.54) is 12.3 Å². The van der Waals surface area contributed by atoms with Gasteiger partial charge in [-0.25, -0.2) is 0 Å². The molecule has 0 spiro atoms. The second-order valence-corrected chi connectivity index (χ2v) is 4.17. The topological polar surface area (TPSA) is 56.7 Å². The SMILES string of the molecule is Nc1cnn(-c2cc(Br)cc(C(F)(F)F)c2)n1. The van der Waals surface area contributed by atoms with Crippen LogP contribution in [0.2, 0.25) is 0 Å². The molecule has 90 valence electrons. The van der Waals surface area contributed by atoms with Gasteiger partial charge in [0.25, 0.3) is 0 Å². The highest BCUT2D eigenvalue weighted by Gasteiger charge is 2.31. The zero-order valence-electron chi connectivity index (χ0n) is 8.24. The van der Waals surface area contributed by atoms with Gasteiger partial charge in [0.05, 0.1) is 17.4 Å². The molecule has 0 bridgehead atoms. The van der Waals surface area contributed by atoms with Gasteiger partial charge in [-0.15, -0.1) is 9.90 Å². The number of hydrogen-bond acceptors (Lipinski definition) is 3. The Balaban J connectivity index is 2.52. The van der Waals surface area contributed by atoms with Gasteiger partial charge in [0, 0.05) is 4.47 Å². The van der Waals surface area contributed by atoms with Crippen LogP contribution in [0.4, 0.5) is 19.0 Å². The van der Waals surface area contributed by atoms with Crippen molar-refractivity contribution in [1.82, 2.24) is 15.0 Å². The van der Waals surface area contributed by atoms with E-state index in [-0.39, 0.29) is 16.0 Å². The van der Waals surface area contributed by atoms with E-state index in [4.69, 9.17) is 5.73 Å². The molecule has 1 aromatic heterocycles. The van der Waals surface area contributed by atoms with Crippen molar-refractivity contribution in [3.05, 3.63) is 34.4 Å². The van der Waals surface area contributed by atoms with Gasteiger partial charge in [-0.2, -0.15) is 18.3 Å². The Morgan fingerprint density at radius 3 is 2.47 bits per heavy atom. The summed E-state index contributed by atoms with van der Waals surface area (Å²) in [5.41, 5.74) is 4.75. The zero-order chi connectivity index (χ0) is 12.6. The molecule has 0 unspecified atom stereocenters. The zero-order valence-corrected chi connectivity index (χ0v) is 9.83. The highest BCUT2D eigenvalue weighted by molar-refractivity contribution is 9.10. The van der Waals surface area contributed by atoms with Crippen molar-refractivity contribution in [1.29, 1.82) is 0 Å². The van der Waals surface area contributed by atoms with Crippen LogP contribution in [-0.2, 0) is 6.18 Å². The van der Waals surface area contributed by atoms with Crippen LogP contribution in [0.3, 0.4) is 0 Å². The third-order valence-corrected chi connectivity index (χ3v) is 2.41. The van der Waals surface area contributed by atoms with Crippen LogP contribution < -0.4 is 5.73 Å². The molecule has 0 atom stereocenters. The molecule has 0 aliphatic heterocycles. The van der Waals surface area contributed by atoms with Crippen molar-refractivity contribution in [2.75, 3.05) is 5.73 Å². The molecule has 0 aliphatic rings. The third kappa shape index (κ3) is 2.57. The summed E-state index contributed by atoms with van der Waals surface area (Å²) in [6, 6.07) is 3.40. The number of nitrogens with two attached hydrogens (primary N) is 1. The number of nitrogen functional groups attached to an aromatic ring is 1. The van der Waals surface area contributed by atoms with Crippen LogP contribution in [-0.4, -0.2) is 15.0 Å². The molecule has 2 aromatic rings. The molecule has 1 heterocycles. The normalized spacial score (nSPS) is 11.8. The molecule has 1 aromatic carbocycles. The maximum atomic E-state index is 12.6. The molecule has 0 aliphatic carbocycles. The fourth-order valence-electron chi connectivity index (χ4n) is 1.25. The molecule has 0 fully saturated rings. The maximum absolute atomic E-state index is 12.6. The molecule has 8 heteroatoms. The van der Waals surface area contributed by atoms with Crippen LogP contribution in [0.15, 0.2) is 28.9 Å². The Morgan fingerprint density at radius 1 is 1.24 bits per heavy atom. The Hall–Kier alpha value is -1.57. The molecule has 0 saturated carbocycles. The molecule has 17 heavy (non-hydrogen) atoms. The van der Waals surface area contributed by atoms with E-state index in [9.17, 15) is 13.2 Å². The summed E-state index contributed by atoms with van der Waals surface area (Å²) in [7, 11) is 0. The minimum absolute atomic E-state index is 0.138. The van der Waals surface area contributed by atoms with Crippen LogP contribution >= 0.6 is 15.9 Å². The van der Waals surface area contributed by atoms with Crippen molar-refractivity contribution in [2.24, 2.45) is 0 Å². The number of alkyl halides is 3. The quantitative estimate of drug-likeness (QED) is 0.881. The number of nitrogens with zero attached hydrogens (tertiary/aromatic N) is 3. The van der Waals surface area contributed by atoms with Crippen molar-refractivity contribution in [3.63, 3.8) is 0 Å². The van der Waals surface area contributed by atoms with Gasteiger partial charge in [0.1, 0.15) is 0 Å². The average molecular weight is 307 g/mol. The van der Waals surface area contributed by atoms with E-state index in [0.717, 1.165) is 16.9 Å². The molecule has 0 radical (unpaired) electrons. The van der Waals surface area contributed by atoms with E-state index in [2.05, 4.69) is 26.1 Å². The lowest BCUT2D eigenvalue weighted by atomic mass is 10.2. The van der Waals surface area contributed by atoms with E-state index < -0.39 is 11.7 Å². The highest BCUT2D eigenvalue weighted by atomic mass is 79.9. The second-order valence-electron chi connectivity index (χ2n) is 3.25. The van der Waals surface area contributed by atoms with Crippen LogP contribution in [0.25, 0.3) is 5.69 Å². The number of benzene rings is 1. The molecular formula is C9H6BrF3N4. The first-order chi connectivity index (χ1) is 7.86. The molecular weight excluding hydrogens is 301 g/mol. The van der Waals surface area contributed by atoms with Gasteiger partial charge in [0.2, 0.25) is 0 Å². The van der Waals surface area contributed by atoms with Gasteiger partial charge in [-0.05, 0) is 18.2 Å². The molecule has 2 N–H and O–H groups in total. The molecule has 0 amide bonds. The van der Waals surface area contributed by atoms with Gasteiger partial charge in [-0.3, -0.25) is 0 Å². The summed E-state index contributed by atoms with van der Waals surface area (Å²) in [5, 5.41) is 7.48. The summed E-state index contributed by atoms with van der Waals surface area (Å²) in [5.74, 6) is 0.138. The number of halogens is 4. The number of hydrogen-bond donors (Lipinski definition) is 1. The first-order valence-corrected chi connectivity index (χ1v) is 5.21. The fourth-order valence-corrected chi connectivity index (χ4v) is 1.73. The summed E-state index contributed by atoms with van der Waals surface area (Å²) in [6.45, 7) is 0. The lowest BCUT2D eigenvalue weighted by Crippen LogP contribution is -2.07. The lowest BCUT2D eigenvalue weighted by molar-refractivity contribution is -0.137. The molecule has 0 saturated heterocycles. The summed E-state index contributed by atoms with van der Waals surface area (Å²) in [4.78, 5) is 1.04. The Morgan fingerprint density at radius 2 is 1.94 bits per heavy atom. The average Bonchev–Trinajstić information content (AvgIpc) is 2.62. The number of anilines is 1. The lowest BCUT2D eigenvalue weighted by Gasteiger charge is -2.09. The van der Waals surface area contributed by atoms with Crippen molar-refractivity contribution in [3.8, 4) is 5.69 Å². The van der Waals surface area contributed by atoms with Crippen LogP contribution in [0.5, 0.6) is 0 Å². The van der Waals surface area contributed by atoms with Gasteiger partial charge < -0.3 is 5.73 Å². The first-order valence-electron chi connectivity index (χ1n) is 4.42. The predicted octanol–water partition coefficient (Wildman–Crippen LogP) is 2.63. The first kappa shape index (κ1) is 11.9. The maximum Gasteiger partial charge on any atom is 0.416 e. The second kappa shape index (κ2) is 4.02. The van der Waals surface area contributed by atoms with Gasteiger partial charge in [-0.1, -0.05) is 15.9 Å². The monoisotopic (exact) mass is 306 g/mol. The summed E-state index contributed by atoms with van der Waals surface area (Å²) < 4.78 is 38.0. The summed E-state index contributed by atoms with van der Waals surface area (Å²) >= 11 is 3.01. The predicted molar refractivity (Wildman–Crippen MR) is 58.5 cm³/mol. The largest absolute Gasteiger partial charge is 0.416 e. The van der Waals surface area contributed by atoms with Crippen molar-refractivity contribution in [2.45, 2.75) is 6.18 Å². The third-order valence-electron chi connectivity index (χ3n) is 1.95. The number of aromatic nitrogens is 3. The Bertz CT molecular complexity index is 549. The molecule has 4 nitrogen and oxygen atoms in total. The Labute approximate surface area is 102 Å². The van der Waals surface area contributed by atoms with Gasteiger partial charge in [0.15, 0.2) is 5.82 Å². The minimum Gasteiger partial charge on any atom is -0.381 e. The van der Waals surface area contributed by atoms with Crippen molar-refractivity contribution < 1.29 is 13.2 Å².